The van der Waals surface area contributed by atoms with Crippen molar-refractivity contribution < 1.29 is 4.74 Å². The Kier molecular flexibility index (Phi) is 4.28. The lowest BCUT2D eigenvalue weighted by molar-refractivity contribution is 0.292. The highest BCUT2D eigenvalue weighted by Crippen LogP contribution is 2.24. The zero-order valence-corrected chi connectivity index (χ0v) is 17.5. The minimum absolute atomic E-state index is 0.286. The monoisotopic (exact) mass is 448 g/mol. The van der Waals surface area contributed by atoms with Crippen molar-refractivity contribution in [1.29, 1.82) is 0 Å². The van der Waals surface area contributed by atoms with Gasteiger partial charge in [-0.25, -0.2) is 19.2 Å². The van der Waals surface area contributed by atoms with E-state index in [1.165, 1.54) is 0 Å². The fourth-order valence-electron chi connectivity index (χ4n) is 3.39. The van der Waals surface area contributed by atoms with Gasteiger partial charge >= 0.3 is 0 Å². The maximum Gasteiger partial charge on any atom is 0.189 e. The van der Waals surface area contributed by atoms with Gasteiger partial charge in [-0.2, -0.15) is 5.10 Å². The fourth-order valence-corrected chi connectivity index (χ4v) is 3.77. The fraction of sp³-hybridized carbons (Fsp3) is 0.143. The highest BCUT2D eigenvalue weighted by molar-refractivity contribution is 9.10. The van der Waals surface area contributed by atoms with Crippen LogP contribution in [-0.2, 0) is 6.61 Å². The Morgan fingerprint density at radius 2 is 1.83 bits per heavy atom. The van der Waals surface area contributed by atoms with E-state index in [0.29, 0.717) is 11.5 Å². The minimum atomic E-state index is 0.286. The molecule has 0 aliphatic rings. The van der Waals surface area contributed by atoms with E-state index >= 15 is 0 Å². The van der Waals surface area contributed by atoms with Crippen molar-refractivity contribution >= 4 is 32.6 Å². The molecule has 0 saturated carbocycles. The molecule has 0 radical (unpaired) electrons. The van der Waals surface area contributed by atoms with E-state index in [-0.39, 0.29) is 6.61 Å². The first-order valence-electron chi connectivity index (χ1n) is 9.13. The second-order valence-corrected chi connectivity index (χ2v) is 7.74. The molecule has 0 atom stereocenters. The van der Waals surface area contributed by atoms with Crippen LogP contribution in [0.5, 0.6) is 5.75 Å². The first-order valence-corrected chi connectivity index (χ1v) is 9.92. The molecule has 0 fully saturated rings. The second-order valence-electron chi connectivity index (χ2n) is 6.82. The van der Waals surface area contributed by atoms with Crippen molar-refractivity contribution in [3.05, 3.63) is 76.4 Å². The molecule has 0 N–H and O–H groups in total. The minimum Gasteiger partial charge on any atom is -0.485 e. The molecule has 7 nitrogen and oxygen atoms in total. The molecule has 5 aromatic rings. The number of rotatable bonds is 4. The summed E-state index contributed by atoms with van der Waals surface area (Å²) in [7, 11) is 0. The van der Waals surface area contributed by atoms with Crippen LogP contribution in [0.2, 0.25) is 0 Å². The van der Waals surface area contributed by atoms with Gasteiger partial charge in [0.25, 0.3) is 0 Å². The third-order valence-corrected chi connectivity index (χ3v) is 5.25. The Bertz CT molecular complexity index is 1340. The Morgan fingerprint density at radius 3 is 2.62 bits per heavy atom. The molecule has 144 valence electrons. The summed E-state index contributed by atoms with van der Waals surface area (Å²) in [5, 5.41) is 9.84. The van der Waals surface area contributed by atoms with Gasteiger partial charge in [0.1, 0.15) is 18.7 Å². The number of para-hydroxylation sites is 1. The van der Waals surface area contributed by atoms with Crippen molar-refractivity contribution in [3.8, 4) is 11.4 Å². The van der Waals surface area contributed by atoms with Crippen LogP contribution in [0.1, 0.15) is 17.0 Å². The number of nitrogens with zero attached hydrogens (tertiary/aromatic N) is 6. The Hall–Kier alpha value is -3.26. The summed E-state index contributed by atoms with van der Waals surface area (Å²) in [4.78, 5) is 9.20. The largest absolute Gasteiger partial charge is 0.485 e. The Labute approximate surface area is 175 Å². The molecule has 0 bridgehead atoms. The van der Waals surface area contributed by atoms with E-state index < -0.39 is 0 Å². The van der Waals surface area contributed by atoms with Crippen molar-refractivity contribution in [2.75, 3.05) is 0 Å². The topological polar surface area (TPSA) is 70.1 Å². The molecule has 8 heteroatoms. The summed E-state index contributed by atoms with van der Waals surface area (Å²) in [5.74, 6) is 1.47. The van der Waals surface area contributed by atoms with Gasteiger partial charge in [-0.1, -0.05) is 40.2 Å². The van der Waals surface area contributed by atoms with Gasteiger partial charge in [-0.05, 0) is 43.2 Å². The number of halogens is 1. The van der Waals surface area contributed by atoms with Gasteiger partial charge in [0.15, 0.2) is 17.1 Å². The van der Waals surface area contributed by atoms with E-state index in [4.69, 9.17) is 4.74 Å². The smallest absolute Gasteiger partial charge is 0.189 e. The average Bonchev–Trinajstić information content (AvgIpc) is 3.31. The predicted molar refractivity (Wildman–Crippen MR) is 113 cm³/mol. The van der Waals surface area contributed by atoms with Crippen molar-refractivity contribution in [2.45, 2.75) is 20.5 Å². The maximum absolute atomic E-state index is 6.00. The highest BCUT2D eigenvalue weighted by Gasteiger charge is 2.14. The van der Waals surface area contributed by atoms with Gasteiger partial charge in [-0.15, -0.1) is 5.10 Å². The maximum atomic E-state index is 6.00. The number of aryl methyl sites for hydroxylation is 2. The summed E-state index contributed by atoms with van der Waals surface area (Å²) < 4.78 is 10.4. The average molecular weight is 449 g/mol. The molecule has 0 amide bonds. The quantitative estimate of drug-likeness (QED) is 0.406. The molecule has 5 rings (SSSR count). The molecule has 3 aromatic heterocycles. The van der Waals surface area contributed by atoms with Gasteiger partial charge in [0.2, 0.25) is 0 Å². The molecule has 0 aliphatic carbocycles. The van der Waals surface area contributed by atoms with Crippen LogP contribution in [0.3, 0.4) is 0 Å². The van der Waals surface area contributed by atoms with Gasteiger partial charge in [0.05, 0.1) is 17.3 Å². The Balaban J connectivity index is 1.51. The molecule has 0 aliphatic heterocycles. The molecule has 3 heterocycles. The summed E-state index contributed by atoms with van der Waals surface area (Å²) in [5.41, 5.74) is 4.53. The molecule has 0 saturated heterocycles. The second kappa shape index (κ2) is 6.97. The SMILES string of the molecule is Cc1cccc(C)c1OCc1nc2c3cnn(-c4cccc(Br)c4)c3ncn2n1. The number of hydrogen-bond acceptors (Lipinski definition) is 5. The van der Waals surface area contributed by atoms with Crippen molar-refractivity contribution in [3.63, 3.8) is 0 Å². The normalized spacial score (nSPS) is 11.4. The van der Waals surface area contributed by atoms with Crippen LogP contribution in [0.4, 0.5) is 0 Å². The van der Waals surface area contributed by atoms with Crippen LogP contribution in [-0.4, -0.2) is 29.4 Å². The van der Waals surface area contributed by atoms with Crippen LogP contribution >= 0.6 is 15.9 Å². The summed E-state index contributed by atoms with van der Waals surface area (Å²) in [6.07, 6.45) is 3.42. The third-order valence-electron chi connectivity index (χ3n) is 4.76. The summed E-state index contributed by atoms with van der Waals surface area (Å²) in [6, 6.07) is 14.0. The predicted octanol–water partition coefficient (Wildman–Crippen LogP) is 4.42. The van der Waals surface area contributed by atoms with E-state index in [1.54, 1.807) is 21.7 Å². The third kappa shape index (κ3) is 3.15. The zero-order valence-electron chi connectivity index (χ0n) is 15.9. The lowest BCUT2D eigenvalue weighted by Crippen LogP contribution is -2.01. The Morgan fingerprint density at radius 1 is 1.03 bits per heavy atom. The summed E-state index contributed by atoms with van der Waals surface area (Å²) in [6.45, 7) is 4.35. The lowest BCUT2D eigenvalue weighted by atomic mass is 10.1. The van der Waals surface area contributed by atoms with E-state index in [9.17, 15) is 0 Å². The number of ether oxygens (including phenoxy) is 1. The van der Waals surface area contributed by atoms with Crippen LogP contribution in [0.25, 0.3) is 22.4 Å². The van der Waals surface area contributed by atoms with E-state index in [0.717, 1.165) is 38.1 Å². The van der Waals surface area contributed by atoms with E-state index in [1.807, 2.05) is 56.3 Å². The van der Waals surface area contributed by atoms with Crippen LogP contribution < -0.4 is 4.74 Å². The van der Waals surface area contributed by atoms with Crippen LogP contribution in [0.15, 0.2) is 59.5 Å². The number of fused-ring (bicyclic) bond motifs is 3. The first kappa shape index (κ1) is 17.8. The molecule has 0 unspecified atom stereocenters. The lowest BCUT2D eigenvalue weighted by Gasteiger charge is -2.09. The molecule has 0 spiro atoms. The molecular formula is C21H17BrN6O. The first-order chi connectivity index (χ1) is 14.1. The molecule has 29 heavy (non-hydrogen) atoms. The van der Waals surface area contributed by atoms with Gasteiger partial charge in [0, 0.05) is 4.47 Å². The van der Waals surface area contributed by atoms with Crippen molar-refractivity contribution in [2.24, 2.45) is 0 Å². The summed E-state index contributed by atoms with van der Waals surface area (Å²) >= 11 is 3.50. The van der Waals surface area contributed by atoms with E-state index in [2.05, 4.69) is 36.1 Å². The number of hydrogen-bond donors (Lipinski definition) is 0. The van der Waals surface area contributed by atoms with Crippen LogP contribution in [0, 0.1) is 13.8 Å². The van der Waals surface area contributed by atoms with Gasteiger partial charge < -0.3 is 4.74 Å². The van der Waals surface area contributed by atoms with Crippen molar-refractivity contribution in [1.82, 2.24) is 29.4 Å². The molecule has 2 aromatic carbocycles. The number of aromatic nitrogens is 6. The van der Waals surface area contributed by atoms with Gasteiger partial charge in [-0.3, -0.25) is 0 Å². The zero-order chi connectivity index (χ0) is 20.0. The molecular weight excluding hydrogens is 432 g/mol. The number of benzene rings is 2. The standard InChI is InChI=1S/C21H17BrN6O/c1-13-5-3-6-14(2)19(13)29-11-18-25-21-17-10-24-28(16-8-4-7-15(22)9-16)20(17)23-12-27(21)26-18/h3-10,12H,11H2,1-2H3. The highest BCUT2D eigenvalue weighted by atomic mass is 79.9.